The quantitative estimate of drug-likeness (QED) is 0.278. The number of hydrogen-bond acceptors (Lipinski definition) is 9. The van der Waals surface area contributed by atoms with E-state index >= 15 is 0 Å². The first-order valence-corrected chi connectivity index (χ1v) is 13.0. The minimum absolute atomic E-state index is 0.0644. The molecule has 1 amide bonds. The molecule has 0 spiro atoms. The zero-order valence-corrected chi connectivity index (χ0v) is 23.6. The molecule has 1 unspecified atom stereocenters. The number of carbonyl (C=O) groups is 2. The minimum Gasteiger partial charge on any atom is -0.472 e. The molecule has 4 rings (SSSR count). The molecule has 1 aliphatic heterocycles. The molecule has 0 aliphatic carbocycles. The zero-order valence-electron chi connectivity index (χ0n) is 22.0. The summed E-state index contributed by atoms with van der Waals surface area (Å²) in [5, 5.41) is 0. The summed E-state index contributed by atoms with van der Waals surface area (Å²) >= 11 is 2.97. The number of piperazine rings is 1. The number of likely N-dealkylation sites (N-methyl/N-ethyl adjacent to an activating group) is 1. The van der Waals surface area contributed by atoms with Crippen LogP contribution in [0.25, 0.3) is 0 Å². The number of esters is 1. The summed E-state index contributed by atoms with van der Waals surface area (Å²) in [7, 11) is 1.90. The lowest BCUT2D eigenvalue weighted by atomic mass is 10.2. The van der Waals surface area contributed by atoms with Gasteiger partial charge in [0.05, 0.1) is 12.4 Å². The third-order valence-corrected chi connectivity index (χ3v) is 6.88. The Hall–Kier alpha value is -3.99. The minimum atomic E-state index is -5.42. The molecule has 3 aromatic rings. The van der Waals surface area contributed by atoms with Crippen LogP contribution >= 0.6 is 15.9 Å². The van der Waals surface area contributed by atoms with Gasteiger partial charge in [-0.05, 0) is 42.0 Å². The molecule has 1 saturated heterocycles. The summed E-state index contributed by atoms with van der Waals surface area (Å²) in [6.07, 6.45) is -5.60. The Morgan fingerprint density at radius 1 is 1.10 bits per heavy atom. The van der Waals surface area contributed by atoms with Crippen LogP contribution in [0, 0.1) is 18.6 Å². The van der Waals surface area contributed by atoms with Gasteiger partial charge >= 0.3 is 12.1 Å². The number of alkyl halides is 3. The van der Waals surface area contributed by atoms with Gasteiger partial charge in [-0.2, -0.15) is 18.2 Å². The van der Waals surface area contributed by atoms with Gasteiger partial charge in [0.2, 0.25) is 12.1 Å². The Morgan fingerprint density at radius 2 is 1.79 bits per heavy atom. The third-order valence-electron chi connectivity index (χ3n) is 6.20. The molecule has 0 saturated carbocycles. The van der Waals surface area contributed by atoms with Gasteiger partial charge in [-0.15, -0.1) is 0 Å². The Bertz CT molecular complexity index is 1540. The highest BCUT2D eigenvalue weighted by atomic mass is 79.9. The average Bonchev–Trinajstić information content (AvgIpc) is 2.94. The van der Waals surface area contributed by atoms with Gasteiger partial charge in [-0.3, -0.25) is 19.1 Å². The summed E-state index contributed by atoms with van der Waals surface area (Å²) in [6, 6.07) is 2.75. The fraction of sp³-hybridized carbons (Fsp3) is 0.360. The maximum atomic E-state index is 14.0. The standard InChI is InChI=1S/C25H22BrF5N6O5/c1-13-34-20(41-12-14-3-4-15(27)9-16(14)28)19(26)22(39)37(13)23(42-24(40)25(29,30)31)18-11-32-17(10-33-18)21(38)36-7-5-35(2)6-8-36/h3-4,9-11,23H,5-8,12H2,1-2H3. The van der Waals surface area contributed by atoms with Crippen LogP contribution in [0.15, 0.2) is 39.9 Å². The fourth-order valence-electron chi connectivity index (χ4n) is 3.91. The van der Waals surface area contributed by atoms with Gasteiger partial charge < -0.3 is 19.3 Å². The van der Waals surface area contributed by atoms with E-state index in [1.54, 1.807) is 0 Å². The lowest BCUT2D eigenvalue weighted by Crippen LogP contribution is -2.47. The predicted molar refractivity (Wildman–Crippen MR) is 137 cm³/mol. The largest absolute Gasteiger partial charge is 0.491 e. The molecule has 1 atom stereocenters. The van der Waals surface area contributed by atoms with E-state index in [1.165, 1.54) is 11.8 Å². The number of benzene rings is 1. The second-order valence-corrected chi connectivity index (χ2v) is 9.95. The van der Waals surface area contributed by atoms with E-state index in [2.05, 4.69) is 35.6 Å². The summed E-state index contributed by atoms with van der Waals surface area (Å²) in [4.78, 5) is 53.5. The van der Waals surface area contributed by atoms with Crippen molar-refractivity contribution in [2.75, 3.05) is 33.2 Å². The molecule has 1 aliphatic rings. The Labute approximate surface area is 243 Å². The SMILES string of the molecule is Cc1nc(OCc2ccc(F)cc2F)c(Br)c(=O)n1C(OC(=O)C(F)(F)F)c1cnc(C(=O)N2CCN(C)CC2)cn1. The molecule has 0 radical (unpaired) electrons. The van der Waals surface area contributed by atoms with Gasteiger partial charge in [0.15, 0.2) is 0 Å². The normalized spacial score (nSPS) is 14.9. The van der Waals surface area contributed by atoms with E-state index in [0.29, 0.717) is 36.8 Å². The average molecular weight is 661 g/mol. The van der Waals surface area contributed by atoms with E-state index < -0.39 is 58.2 Å². The monoisotopic (exact) mass is 660 g/mol. The number of carbonyl (C=O) groups excluding carboxylic acids is 2. The van der Waals surface area contributed by atoms with Crippen molar-refractivity contribution in [3.8, 4) is 5.88 Å². The van der Waals surface area contributed by atoms with Crippen molar-refractivity contribution in [1.29, 1.82) is 0 Å². The second-order valence-electron chi connectivity index (χ2n) is 9.16. The van der Waals surface area contributed by atoms with Crippen LogP contribution in [0.5, 0.6) is 5.88 Å². The Balaban J connectivity index is 1.66. The van der Waals surface area contributed by atoms with E-state index in [-0.39, 0.29) is 23.0 Å². The number of rotatable bonds is 7. The number of nitrogens with zero attached hydrogens (tertiary/aromatic N) is 6. The van der Waals surface area contributed by atoms with E-state index in [1.807, 2.05) is 11.9 Å². The van der Waals surface area contributed by atoms with Gasteiger partial charge in [0, 0.05) is 37.8 Å². The third kappa shape index (κ3) is 6.89. The van der Waals surface area contributed by atoms with Crippen LogP contribution in [0.2, 0.25) is 0 Å². The molecule has 42 heavy (non-hydrogen) atoms. The molecular formula is C25H22BrF5N6O5. The van der Waals surface area contributed by atoms with Gasteiger partial charge in [0.1, 0.15) is 39.9 Å². The molecular weight excluding hydrogens is 639 g/mol. The number of halogens is 6. The molecule has 11 nitrogen and oxygen atoms in total. The summed E-state index contributed by atoms with van der Waals surface area (Å²) in [5.41, 5.74) is -1.63. The number of amides is 1. The summed E-state index contributed by atoms with van der Waals surface area (Å²) in [5.74, 6) is -5.45. The van der Waals surface area contributed by atoms with Crippen molar-refractivity contribution < 1.29 is 41.0 Å². The van der Waals surface area contributed by atoms with Crippen molar-refractivity contribution in [3.63, 3.8) is 0 Å². The first-order chi connectivity index (χ1) is 19.8. The van der Waals surface area contributed by atoms with Crippen LogP contribution in [0.1, 0.15) is 33.8 Å². The number of aromatic nitrogens is 4. The molecule has 1 fully saturated rings. The molecule has 2 aromatic heterocycles. The van der Waals surface area contributed by atoms with E-state index in [0.717, 1.165) is 24.5 Å². The molecule has 3 heterocycles. The number of hydrogen-bond donors (Lipinski definition) is 0. The van der Waals surface area contributed by atoms with Crippen LogP contribution in [0.3, 0.4) is 0 Å². The zero-order chi connectivity index (χ0) is 30.8. The smallest absolute Gasteiger partial charge is 0.472 e. The van der Waals surface area contributed by atoms with Gasteiger partial charge in [-0.25, -0.2) is 18.6 Å². The van der Waals surface area contributed by atoms with Crippen LogP contribution < -0.4 is 10.3 Å². The van der Waals surface area contributed by atoms with Crippen molar-refractivity contribution in [2.24, 2.45) is 0 Å². The summed E-state index contributed by atoms with van der Waals surface area (Å²) in [6.45, 7) is 2.88. The van der Waals surface area contributed by atoms with Crippen molar-refractivity contribution in [2.45, 2.75) is 25.9 Å². The molecule has 224 valence electrons. The van der Waals surface area contributed by atoms with Gasteiger partial charge in [-0.1, -0.05) is 0 Å². The van der Waals surface area contributed by atoms with Crippen LogP contribution in [0.4, 0.5) is 22.0 Å². The van der Waals surface area contributed by atoms with Crippen molar-refractivity contribution >= 4 is 27.8 Å². The molecule has 17 heteroatoms. The maximum Gasteiger partial charge on any atom is 0.491 e. The number of aryl methyl sites for hydroxylation is 1. The highest BCUT2D eigenvalue weighted by molar-refractivity contribution is 9.10. The lowest BCUT2D eigenvalue weighted by molar-refractivity contribution is -0.207. The molecule has 0 bridgehead atoms. The van der Waals surface area contributed by atoms with Crippen molar-refractivity contribution in [1.82, 2.24) is 29.3 Å². The maximum absolute atomic E-state index is 14.0. The van der Waals surface area contributed by atoms with Crippen LogP contribution in [-0.2, 0) is 16.1 Å². The van der Waals surface area contributed by atoms with E-state index in [9.17, 15) is 36.3 Å². The molecule has 1 aromatic carbocycles. The lowest BCUT2D eigenvalue weighted by Gasteiger charge is -2.32. The fourth-order valence-corrected chi connectivity index (χ4v) is 4.31. The summed E-state index contributed by atoms with van der Waals surface area (Å²) < 4.78 is 76.9. The highest BCUT2D eigenvalue weighted by Gasteiger charge is 2.43. The first-order valence-electron chi connectivity index (χ1n) is 12.2. The van der Waals surface area contributed by atoms with E-state index in [4.69, 9.17) is 4.74 Å². The van der Waals surface area contributed by atoms with Gasteiger partial charge in [0.25, 0.3) is 11.5 Å². The predicted octanol–water partition coefficient (Wildman–Crippen LogP) is 3.00. The van der Waals surface area contributed by atoms with Crippen LogP contribution in [-0.4, -0.2) is 80.6 Å². The Morgan fingerprint density at radius 3 is 2.38 bits per heavy atom. The topological polar surface area (TPSA) is 120 Å². The first kappa shape index (κ1) is 31.0. The number of ether oxygens (including phenoxy) is 2. The Kier molecular flexibility index (Phi) is 9.20. The van der Waals surface area contributed by atoms with Crippen molar-refractivity contribution in [3.05, 3.63) is 79.8 Å². The molecule has 0 N–H and O–H groups in total. The second kappa shape index (κ2) is 12.5. The highest BCUT2D eigenvalue weighted by Crippen LogP contribution is 2.27.